The van der Waals surface area contributed by atoms with Crippen LogP contribution < -0.4 is 22.5 Å². The number of nitrogens with zero attached hydrogens (tertiary/aromatic N) is 3. The van der Waals surface area contributed by atoms with Crippen LogP contribution in [-0.4, -0.2) is 69.8 Å². The lowest BCUT2D eigenvalue weighted by molar-refractivity contribution is -0.209. The first-order valence-corrected chi connectivity index (χ1v) is 6.37. The summed E-state index contributed by atoms with van der Waals surface area (Å²) in [5.41, 5.74) is 12.9. The van der Waals surface area contributed by atoms with Gasteiger partial charge in [0.25, 0.3) is 0 Å². The third kappa shape index (κ3) is 1.70. The maximum absolute atomic E-state index is 11.0. The lowest BCUT2D eigenvalue weighted by Crippen LogP contribution is -2.79. The number of hydrogen-bond acceptors (Lipinski definition) is 10. The topological polar surface area (TPSA) is 185 Å². The van der Waals surface area contributed by atoms with Crippen LogP contribution in [0.15, 0.2) is 9.98 Å². The fourth-order valence-corrected chi connectivity index (χ4v) is 3.14. The summed E-state index contributed by atoms with van der Waals surface area (Å²) in [5, 5.41) is 24.2. The second-order valence-electron chi connectivity index (χ2n) is 5.26. The van der Waals surface area contributed by atoms with Crippen LogP contribution in [0.1, 0.15) is 6.42 Å². The monoisotopic (exact) mass is 299 g/mol. The quantitative estimate of drug-likeness (QED) is 0.299. The lowest BCUT2D eigenvalue weighted by atomic mass is 9.85. The van der Waals surface area contributed by atoms with Crippen molar-refractivity contribution in [1.29, 1.82) is 0 Å². The van der Waals surface area contributed by atoms with Crippen LogP contribution in [0.4, 0.5) is 4.79 Å². The molecule has 1 saturated heterocycles. The molecule has 1 fully saturated rings. The Morgan fingerprint density at radius 3 is 2.86 bits per heavy atom. The van der Waals surface area contributed by atoms with E-state index >= 15 is 0 Å². The number of hydrogen-bond donors (Lipinski definition) is 6. The molecule has 11 nitrogen and oxygen atoms in total. The lowest BCUT2D eigenvalue weighted by Gasteiger charge is -2.52. The number of nitrogens with one attached hydrogen (secondary N) is 1. The molecule has 11 heteroatoms. The van der Waals surface area contributed by atoms with E-state index in [1.807, 2.05) is 0 Å². The summed E-state index contributed by atoms with van der Waals surface area (Å²) >= 11 is 0. The number of primary amides is 1. The Morgan fingerprint density at radius 2 is 2.19 bits per heavy atom. The summed E-state index contributed by atoms with van der Waals surface area (Å²) in [6, 6.07) is -1.75. The molecule has 0 aromatic carbocycles. The highest BCUT2D eigenvalue weighted by atomic mass is 16.5. The number of ether oxygens (including phenoxy) is 1. The maximum atomic E-state index is 11.0. The van der Waals surface area contributed by atoms with E-state index in [9.17, 15) is 15.0 Å². The van der Waals surface area contributed by atoms with Gasteiger partial charge in [-0.1, -0.05) is 0 Å². The normalized spacial score (nSPS) is 40.8. The predicted molar refractivity (Wildman–Crippen MR) is 70.7 cm³/mol. The summed E-state index contributed by atoms with van der Waals surface area (Å²) in [5.74, 6) is -0.00557. The molecule has 0 bridgehead atoms. The van der Waals surface area contributed by atoms with E-state index in [1.165, 1.54) is 4.90 Å². The zero-order valence-electron chi connectivity index (χ0n) is 11.1. The van der Waals surface area contributed by atoms with Crippen molar-refractivity contribution in [1.82, 2.24) is 10.2 Å². The Kier molecular flexibility index (Phi) is 2.68. The highest BCUT2D eigenvalue weighted by Crippen LogP contribution is 2.44. The van der Waals surface area contributed by atoms with E-state index in [4.69, 9.17) is 21.9 Å². The van der Waals surface area contributed by atoms with Crippen LogP contribution in [0.5, 0.6) is 0 Å². The molecule has 9 N–H and O–H groups in total. The van der Waals surface area contributed by atoms with E-state index in [2.05, 4.69) is 15.3 Å². The van der Waals surface area contributed by atoms with Crippen LogP contribution in [0, 0.1) is 0 Å². The Labute approximate surface area is 119 Å². The van der Waals surface area contributed by atoms with Crippen LogP contribution in [0.3, 0.4) is 0 Å². The molecule has 1 amide bonds. The molecular weight excluding hydrogens is 282 g/mol. The van der Waals surface area contributed by atoms with Gasteiger partial charge in [0.2, 0.25) is 5.72 Å². The second kappa shape index (κ2) is 4.11. The molecule has 3 aliphatic rings. The number of amides is 1. The molecule has 0 saturated carbocycles. The Bertz CT molecular complexity index is 552. The van der Waals surface area contributed by atoms with Crippen molar-refractivity contribution in [2.45, 2.75) is 30.0 Å². The van der Waals surface area contributed by atoms with Gasteiger partial charge in [-0.3, -0.25) is 0 Å². The van der Waals surface area contributed by atoms with Crippen LogP contribution in [0.2, 0.25) is 0 Å². The van der Waals surface area contributed by atoms with E-state index in [1.54, 1.807) is 0 Å². The average Bonchev–Trinajstić information content (AvgIpc) is 2.64. The first kappa shape index (κ1) is 13.7. The minimum atomic E-state index is -1.83. The van der Waals surface area contributed by atoms with E-state index in [-0.39, 0.29) is 31.5 Å². The summed E-state index contributed by atoms with van der Waals surface area (Å²) in [6.07, 6.45) is -0.804. The number of nitrogens with two attached hydrogens (primary N) is 3. The molecule has 3 rings (SSSR count). The van der Waals surface area contributed by atoms with E-state index < -0.39 is 29.6 Å². The van der Waals surface area contributed by atoms with Gasteiger partial charge in [0.1, 0.15) is 18.7 Å². The first-order valence-electron chi connectivity index (χ1n) is 6.37. The number of rotatable bonds is 2. The molecule has 21 heavy (non-hydrogen) atoms. The Morgan fingerprint density at radius 1 is 1.48 bits per heavy atom. The van der Waals surface area contributed by atoms with Gasteiger partial charge in [-0.25, -0.2) is 14.8 Å². The van der Waals surface area contributed by atoms with Crippen LogP contribution in [-0.2, 0) is 4.74 Å². The van der Waals surface area contributed by atoms with Gasteiger partial charge in [0.05, 0.1) is 0 Å². The Hall–Kier alpha value is -2.27. The molecular formula is C10H17N7O4. The molecule has 3 aliphatic heterocycles. The van der Waals surface area contributed by atoms with Crippen molar-refractivity contribution >= 4 is 18.0 Å². The molecule has 0 aromatic heterocycles. The summed E-state index contributed by atoms with van der Waals surface area (Å²) in [4.78, 5) is 20.4. The highest BCUT2D eigenvalue weighted by molar-refractivity contribution is 5.84. The smallest absolute Gasteiger partial charge is 0.404 e. The average molecular weight is 299 g/mol. The van der Waals surface area contributed by atoms with Crippen molar-refractivity contribution in [3.05, 3.63) is 0 Å². The fourth-order valence-electron chi connectivity index (χ4n) is 3.14. The third-order valence-electron chi connectivity index (χ3n) is 4.08. The Balaban J connectivity index is 2.03. The summed E-state index contributed by atoms with van der Waals surface area (Å²) in [6.45, 7) is 0.0434. The van der Waals surface area contributed by atoms with Crippen LogP contribution >= 0.6 is 0 Å². The van der Waals surface area contributed by atoms with Crippen molar-refractivity contribution in [3.8, 4) is 0 Å². The molecule has 0 spiro atoms. The fraction of sp³-hybridized carbons (Fsp3) is 0.700. The van der Waals surface area contributed by atoms with Gasteiger partial charge in [-0.15, -0.1) is 0 Å². The van der Waals surface area contributed by atoms with Gasteiger partial charge in [-0.05, 0) is 0 Å². The van der Waals surface area contributed by atoms with E-state index in [0.717, 1.165) is 0 Å². The predicted octanol–water partition coefficient (Wildman–Crippen LogP) is -3.85. The van der Waals surface area contributed by atoms with Crippen molar-refractivity contribution in [2.24, 2.45) is 27.2 Å². The first-order chi connectivity index (χ1) is 9.78. The van der Waals surface area contributed by atoms with Gasteiger partial charge in [0, 0.05) is 13.0 Å². The highest BCUT2D eigenvalue weighted by Gasteiger charge is 2.68. The summed E-state index contributed by atoms with van der Waals surface area (Å²) < 4.78 is 4.72. The molecule has 0 radical (unpaired) electrons. The largest absolute Gasteiger partial charge is 0.447 e. The zero-order chi connectivity index (χ0) is 15.4. The SMILES string of the molecule is NC(=O)OC[C@@H]1N=C(N)N2CC[C@@]3(O)NC(N)=N[C@@H]1[C@@]23O. The van der Waals surface area contributed by atoms with Crippen LogP contribution in [0.25, 0.3) is 0 Å². The number of aliphatic imine (C=N–C) groups is 2. The maximum Gasteiger partial charge on any atom is 0.404 e. The molecule has 0 aromatic rings. The zero-order valence-corrected chi connectivity index (χ0v) is 11.1. The number of guanidine groups is 2. The third-order valence-corrected chi connectivity index (χ3v) is 4.08. The molecule has 3 heterocycles. The molecule has 0 unspecified atom stereocenters. The summed E-state index contributed by atoms with van der Waals surface area (Å²) in [7, 11) is 0. The minimum Gasteiger partial charge on any atom is -0.447 e. The number of aliphatic hydroxyl groups is 2. The second-order valence-corrected chi connectivity index (χ2v) is 5.26. The molecule has 116 valence electrons. The van der Waals surface area contributed by atoms with Gasteiger partial charge in [-0.2, -0.15) is 0 Å². The van der Waals surface area contributed by atoms with Crippen molar-refractivity contribution < 1.29 is 19.7 Å². The van der Waals surface area contributed by atoms with E-state index in [0.29, 0.717) is 0 Å². The molecule has 0 aliphatic carbocycles. The van der Waals surface area contributed by atoms with Crippen molar-refractivity contribution in [2.75, 3.05) is 13.2 Å². The number of carbonyl (C=O) groups excluding carboxylic acids is 1. The standard InChI is InChI=1S/C10H17N7O4/c11-6-15-5-4(3-21-8(13)18)14-7(12)17-2-1-9(19,16-6)10(5,17)20/h4-5,19-20H,1-3H2,(H2,12,14)(H2,13,18)(H3,11,15,16)/t4-,5-,9-,10-/m0/s1. The molecule has 4 atom stereocenters. The number of carbonyl (C=O) groups is 1. The van der Waals surface area contributed by atoms with Crippen molar-refractivity contribution in [3.63, 3.8) is 0 Å². The minimum absolute atomic E-state index is 0.0280. The van der Waals surface area contributed by atoms with Gasteiger partial charge < -0.3 is 42.4 Å². The van der Waals surface area contributed by atoms with Gasteiger partial charge >= 0.3 is 6.09 Å². The van der Waals surface area contributed by atoms with Gasteiger partial charge in [0.15, 0.2) is 17.6 Å².